The van der Waals surface area contributed by atoms with Crippen LogP contribution in [0, 0.1) is 0 Å². The Bertz CT molecular complexity index is 334. The second-order valence-electron chi connectivity index (χ2n) is 3.26. The summed E-state index contributed by atoms with van der Waals surface area (Å²) in [4.78, 5) is 0. The van der Waals surface area contributed by atoms with Crippen LogP contribution in [0.3, 0.4) is 0 Å². The van der Waals surface area contributed by atoms with E-state index < -0.39 is 6.10 Å². The van der Waals surface area contributed by atoms with E-state index in [4.69, 9.17) is 16.3 Å². The summed E-state index contributed by atoms with van der Waals surface area (Å²) in [6.07, 6.45) is 0.362. The average molecular weight is 199 g/mol. The Morgan fingerprint density at radius 3 is 3.00 bits per heavy atom. The van der Waals surface area contributed by atoms with Crippen molar-refractivity contribution in [3.05, 3.63) is 28.3 Å². The third kappa shape index (κ3) is 1.52. The van der Waals surface area contributed by atoms with Crippen molar-refractivity contribution in [3.8, 4) is 5.75 Å². The lowest BCUT2D eigenvalue weighted by Gasteiger charge is -2.10. The fourth-order valence-electron chi connectivity index (χ4n) is 1.61. The molecule has 2 nitrogen and oxygen atoms in total. The van der Waals surface area contributed by atoms with Crippen LogP contribution in [0.25, 0.3) is 0 Å². The fourth-order valence-corrected chi connectivity index (χ4v) is 1.86. The van der Waals surface area contributed by atoms with Gasteiger partial charge in [0, 0.05) is 17.0 Å². The molecule has 1 aromatic rings. The van der Waals surface area contributed by atoms with Crippen LogP contribution in [0.1, 0.15) is 24.2 Å². The van der Waals surface area contributed by atoms with Crippen LogP contribution in [-0.4, -0.2) is 11.7 Å². The minimum Gasteiger partial charge on any atom is -0.493 e. The summed E-state index contributed by atoms with van der Waals surface area (Å²) in [5.74, 6) is 0.819. The molecular weight excluding hydrogens is 188 g/mol. The van der Waals surface area contributed by atoms with Crippen LogP contribution < -0.4 is 4.74 Å². The summed E-state index contributed by atoms with van der Waals surface area (Å²) in [5.41, 5.74) is 1.89. The summed E-state index contributed by atoms with van der Waals surface area (Å²) >= 11 is 5.91. The predicted molar refractivity (Wildman–Crippen MR) is 51.3 cm³/mol. The zero-order chi connectivity index (χ0) is 9.42. The standard InChI is InChI=1S/C10H11ClO2/c1-6(12)9-5-8(11)4-7-2-3-13-10(7)9/h4-6,12H,2-3H2,1H3/t6-/m0/s1. The lowest BCUT2D eigenvalue weighted by Crippen LogP contribution is -1.95. The lowest BCUT2D eigenvalue weighted by atomic mass is 10.0. The molecule has 70 valence electrons. The van der Waals surface area contributed by atoms with Crippen molar-refractivity contribution in [2.75, 3.05) is 6.61 Å². The molecule has 0 saturated heterocycles. The molecule has 0 spiro atoms. The minimum atomic E-state index is -0.523. The molecule has 0 amide bonds. The first kappa shape index (κ1) is 8.85. The van der Waals surface area contributed by atoms with Gasteiger partial charge in [0.25, 0.3) is 0 Å². The molecule has 0 unspecified atom stereocenters. The lowest BCUT2D eigenvalue weighted by molar-refractivity contribution is 0.193. The van der Waals surface area contributed by atoms with Gasteiger partial charge < -0.3 is 9.84 Å². The van der Waals surface area contributed by atoms with Crippen LogP contribution in [0.4, 0.5) is 0 Å². The first-order valence-corrected chi connectivity index (χ1v) is 4.69. The minimum absolute atomic E-state index is 0.523. The number of hydrogen-bond donors (Lipinski definition) is 1. The number of aliphatic hydroxyl groups excluding tert-OH is 1. The third-order valence-electron chi connectivity index (χ3n) is 2.23. The SMILES string of the molecule is C[C@H](O)c1cc(Cl)cc2c1OCC2. The molecule has 0 aliphatic carbocycles. The van der Waals surface area contributed by atoms with Gasteiger partial charge in [0.1, 0.15) is 5.75 Å². The average Bonchev–Trinajstić information content (AvgIpc) is 2.49. The van der Waals surface area contributed by atoms with Gasteiger partial charge >= 0.3 is 0 Å². The monoisotopic (exact) mass is 198 g/mol. The number of ether oxygens (including phenoxy) is 1. The zero-order valence-electron chi connectivity index (χ0n) is 7.38. The first-order valence-electron chi connectivity index (χ1n) is 4.31. The predicted octanol–water partition coefficient (Wildman–Crippen LogP) is 2.33. The van der Waals surface area contributed by atoms with E-state index in [-0.39, 0.29) is 0 Å². The van der Waals surface area contributed by atoms with Crippen molar-refractivity contribution in [1.29, 1.82) is 0 Å². The summed E-state index contributed by atoms with van der Waals surface area (Å²) < 4.78 is 5.43. The van der Waals surface area contributed by atoms with Gasteiger partial charge in [-0.15, -0.1) is 0 Å². The van der Waals surface area contributed by atoms with E-state index in [1.807, 2.05) is 6.07 Å². The van der Waals surface area contributed by atoms with Crippen molar-refractivity contribution in [3.63, 3.8) is 0 Å². The highest BCUT2D eigenvalue weighted by molar-refractivity contribution is 6.30. The summed E-state index contributed by atoms with van der Waals surface area (Å²) in [7, 11) is 0. The highest BCUT2D eigenvalue weighted by Crippen LogP contribution is 2.35. The molecule has 1 N–H and O–H groups in total. The van der Waals surface area contributed by atoms with E-state index in [1.54, 1.807) is 13.0 Å². The Kier molecular flexibility index (Phi) is 2.18. The molecule has 3 heteroatoms. The van der Waals surface area contributed by atoms with E-state index in [9.17, 15) is 5.11 Å². The number of aliphatic hydroxyl groups is 1. The topological polar surface area (TPSA) is 29.5 Å². The summed E-state index contributed by atoms with van der Waals surface area (Å²) in [6, 6.07) is 3.66. The normalized spacial score (nSPS) is 16.5. The van der Waals surface area contributed by atoms with Crippen LogP contribution in [0.15, 0.2) is 12.1 Å². The Morgan fingerprint density at radius 1 is 1.54 bits per heavy atom. The third-order valence-corrected chi connectivity index (χ3v) is 2.45. The Labute approximate surface area is 82.1 Å². The van der Waals surface area contributed by atoms with Crippen molar-refractivity contribution >= 4 is 11.6 Å². The van der Waals surface area contributed by atoms with Gasteiger partial charge in [-0.2, -0.15) is 0 Å². The van der Waals surface area contributed by atoms with Gasteiger partial charge in [0.05, 0.1) is 12.7 Å². The number of benzene rings is 1. The molecule has 0 radical (unpaired) electrons. The molecule has 1 aromatic carbocycles. The molecule has 0 saturated carbocycles. The molecule has 1 aliphatic heterocycles. The number of hydrogen-bond acceptors (Lipinski definition) is 2. The van der Waals surface area contributed by atoms with Crippen LogP contribution in [0.5, 0.6) is 5.75 Å². The highest BCUT2D eigenvalue weighted by atomic mass is 35.5. The molecule has 1 heterocycles. The van der Waals surface area contributed by atoms with Crippen molar-refractivity contribution in [1.82, 2.24) is 0 Å². The van der Waals surface area contributed by atoms with E-state index in [0.29, 0.717) is 11.6 Å². The maximum absolute atomic E-state index is 9.47. The maximum atomic E-state index is 9.47. The van der Waals surface area contributed by atoms with Gasteiger partial charge in [-0.1, -0.05) is 11.6 Å². The summed E-state index contributed by atoms with van der Waals surface area (Å²) in [5, 5.41) is 10.1. The van der Waals surface area contributed by atoms with Crippen LogP contribution in [-0.2, 0) is 6.42 Å². The van der Waals surface area contributed by atoms with Gasteiger partial charge in [0.15, 0.2) is 0 Å². The van der Waals surface area contributed by atoms with Gasteiger partial charge in [-0.25, -0.2) is 0 Å². The molecular formula is C10H11ClO2. The second-order valence-corrected chi connectivity index (χ2v) is 3.69. The van der Waals surface area contributed by atoms with Crippen molar-refractivity contribution in [2.24, 2.45) is 0 Å². The Balaban J connectivity index is 2.55. The largest absolute Gasteiger partial charge is 0.493 e. The van der Waals surface area contributed by atoms with E-state index in [1.165, 1.54) is 0 Å². The van der Waals surface area contributed by atoms with Crippen LogP contribution >= 0.6 is 11.6 Å². The van der Waals surface area contributed by atoms with E-state index in [0.717, 1.165) is 23.3 Å². The Morgan fingerprint density at radius 2 is 2.31 bits per heavy atom. The van der Waals surface area contributed by atoms with Crippen LogP contribution in [0.2, 0.25) is 5.02 Å². The van der Waals surface area contributed by atoms with Crippen molar-refractivity contribution < 1.29 is 9.84 Å². The highest BCUT2D eigenvalue weighted by Gasteiger charge is 2.19. The molecule has 1 atom stereocenters. The quantitative estimate of drug-likeness (QED) is 0.751. The van der Waals surface area contributed by atoms with Gasteiger partial charge in [-0.05, 0) is 24.6 Å². The molecule has 1 aliphatic rings. The van der Waals surface area contributed by atoms with Crippen molar-refractivity contribution in [2.45, 2.75) is 19.4 Å². The number of halogens is 1. The number of fused-ring (bicyclic) bond motifs is 1. The smallest absolute Gasteiger partial charge is 0.128 e. The molecule has 13 heavy (non-hydrogen) atoms. The first-order chi connectivity index (χ1) is 6.18. The molecule has 0 fully saturated rings. The molecule has 0 aromatic heterocycles. The van der Waals surface area contributed by atoms with E-state index >= 15 is 0 Å². The Hall–Kier alpha value is -0.730. The van der Waals surface area contributed by atoms with E-state index in [2.05, 4.69) is 0 Å². The summed E-state index contributed by atoms with van der Waals surface area (Å²) in [6.45, 7) is 2.41. The molecule has 0 bridgehead atoms. The van der Waals surface area contributed by atoms with Gasteiger partial charge in [-0.3, -0.25) is 0 Å². The number of rotatable bonds is 1. The zero-order valence-corrected chi connectivity index (χ0v) is 8.14. The molecule has 2 rings (SSSR count). The van der Waals surface area contributed by atoms with Gasteiger partial charge in [0.2, 0.25) is 0 Å². The second kappa shape index (κ2) is 3.20. The maximum Gasteiger partial charge on any atom is 0.128 e. The fraction of sp³-hybridized carbons (Fsp3) is 0.400.